The molecule has 0 aromatic rings. The van der Waals surface area contributed by atoms with Gasteiger partial charge >= 0.3 is 0 Å². The number of allylic oxidation sites excluding steroid dienone is 1. The molecule has 1 unspecified atom stereocenters. The summed E-state index contributed by atoms with van der Waals surface area (Å²) >= 11 is 0. The minimum atomic E-state index is -0.443. The van der Waals surface area contributed by atoms with Gasteiger partial charge in [0, 0.05) is 6.92 Å². The molecule has 5 nitrogen and oxygen atoms in total. The van der Waals surface area contributed by atoms with Gasteiger partial charge in [0.2, 0.25) is 17.7 Å². The van der Waals surface area contributed by atoms with Crippen molar-refractivity contribution >= 4 is 17.7 Å². The highest BCUT2D eigenvalue weighted by molar-refractivity contribution is 6.06. The molecule has 86 valence electrons. The van der Waals surface area contributed by atoms with Crippen molar-refractivity contribution in [3.63, 3.8) is 0 Å². The van der Waals surface area contributed by atoms with Gasteiger partial charge in [-0.3, -0.25) is 19.7 Å². The van der Waals surface area contributed by atoms with Gasteiger partial charge in [0.05, 0.1) is 17.9 Å². The smallest absolute Gasteiger partial charge is 0.232 e. The first-order valence-corrected chi connectivity index (χ1v) is 5.29. The number of amides is 3. The molecule has 1 aliphatic heterocycles. The third-order valence-corrected chi connectivity index (χ3v) is 3.22. The van der Waals surface area contributed by atoms with Crippen LogP contribution in [0.2, 0.25) is 0 Å². The first-order chi connectivity index (χ1) is 7.50. The van der Waals surface area contributed by atoms with Gasteiger partial charge in [-0.15, -0.1) is 0 Å². The van der Waals surface area contributed by atoms with E-state index >= 15 is 0 Å². The molecule has 1 fully saturated rings. The molecule has 2 aliphatic rings. The highest BCUT2D eigenvalue weighted by Crippen LogP contribution is 2.33. The number of carbonyl (C=O) groups is 3. The van der Waals surface area contributed by atoms with Crippen molar-refractivity contribution in [2.45, 2.75) is 26.3 Å². The first-order valence-electron chi connectivity index (χ1n) is 5.29. The molecule has 1 saturated heterocycles. The standard InChI is InChI=1S/C11H14N2O3/c1-5-3-4-7-8(9(5)12-6(2)14)11(16)13-10(7)15/h3,7-9H,4H2,1-2H3,(H,12,14)(H,13,15,16)/t7-,8-,9?/m0/s1. The average Bonchev–Trinajstić information content (AvgIpc) is 2.46. The van der Waals surface area contributed by atoms with Crippen LogP contribution >= 0.6 is 0 Å². The van der Waals surface area contributed by atoms with Crippen LogP contribution in [0.25, 0.3) is 0 Å². The summed E-state index contributed by atoms with van der Waals surface area (Å²) in [7, 11) is 0. The molecule has 0 aromatic carbocycles. The molecule has 0 bridgehead atoms. The van der Waals surface area contributed by atoms with Crippen molar-refractivity contribution in [2.24, 2.45) is 11.8 Å². The van der Waals surface area contributed by atoms with Crippen LogP contribution in [-0.4, -0.2) is 23.8 Å². The van der Waals surface area contributed by atoms with E-state index < -0.39 is 5.92 Å². The highest BCUT2D eigenvalue weighted by atomic mass is 16.2. The zero-order valence-corrected chi connectivity index (χ0v) is 9.24. The Balaban J connectivity index is 2.30. The van der Waals surface area contributed by atoms with Gasteiger partial charge in [0.1, 0.15) is 0 Å². The minimum Gasteiger partial charge on any atom is -0.349 e. The van der Waals surface area contributed by atoms with E-state index in [0.29, 0.717) is 6.42 Å². The summed E-state index contributed by atoms with van der Waals surface area (Å²) in [5, 5.41) is 5.05. The molecular weight excluding hydrogens is 208 g/mol. The predicted octanol–water partition coefficient (Wildman–Crippen LogP) is -0.270. The van der Waals surface area contributed by atoms with Crippen LogP contribution in [0, 0.1) is 11.8 Å². The van der Waals surface area contributed by atoms with Gasteiger partial charge in [0.15, 0.2) is 0 Å². The molecule has 1 aliphatic carbocycles. The maximum atomic E-state index is 11.6. The summed E-state index contributed by atoms with van der Waals surface area (Å²) in [5.41, 5.74) is 0.946. The van der Waals surface area contributed by atoms with Gasteiger partial charge < -0.3 is 5.32 Å². The molecule has 3 atom stereocenters. The Morgan fingerprint density at radius 1 is 1.44 bits per heavy atom. The summed E-state index contributed by atoms with van der Waals surface area (Å²) < 4.78 is 0. The average molecular weight is 222 g/mol. The van der Waals surface area contributed by atoms with Gasteiger partial charge in [-0.2, -0.15) is 0 Å². The monoisotopic (exact) mass is 222 g/mol. The Kier molecular flexibility index (Phi) is 2.53. The molecule has 0 spiro atoms. The highest BCUT2D eigenvalue weighted by Gasteiger charge is 2.48. The second-order valence-corrected chi connectivity index (χ2v) is 4.35. The zero-order valence-electron chi connectivity index (χ0n) is 9.24. The third-order valence-electron chi connectivity index (χ3n) is 3.22. The summed E-state index contributed by atoms with van der Waals surface area (Å²) in [4.78, 5) is 34.2. The molecule has 3 amide bonds. The molecule has 16 heavy (non-hydrogen) atoms. The van der Waals surface area contributed by atoms with Crippen molar-refractivity contribution < 1.29 is 14.4 Å². The summed E-state index contributed by atoms with van der Waals surface area (Å²) in [6, 6.07) is -0.345. The van der Waals surface area contributed by atoms with Gasteiger partial charge in [0.25, 0.3) is 0 Å². The third kappa shape index (κ3) is 1.62. The normalized spacial score (nSPS) is 32.9. The number of fused-ring (bicyclic) bond motifs is 1. The maximum Gasteiger partial charge on any atom is 0.232 e. The topological polar surface area (TPSA) is 75.3 Å². The van der Waals surface area contributed by atoms with Crippen LogP contribution in [0.1, 0.15) is 20.3 Å². The van der Waals surface area contributed by atoms with Crippen molar-refractivity contribution in [3.05, 3.63) is 11.6 Å². The lowest BCUT2D eigenvalue weighted by atomic mass is 9.78. The molecular formula is C11H14N2O3. The number of nitrogens with one attached hydrogen (secondary N) is 2. The van der Waals surface area contributed by atoms with E-state index in [1.807, 2.05) is 13.0 Å². The number of rotatable bonds is 1. The lowest BCUT2D eigenvalue weighted by Crippen LogP contribution is -2.46. The van der Waals surface area contributed by atoms with E-state index in [0.717, 1.165) is 5.57 Å². The van der Waals surface area contributed by atoms with E-state index in [1.165, 1.54) is 6.92 Å². The van der Waals surface area contributed by atoms with Crippen LogP contribution in [0.15, 0.2) is 11.6 Å². The lowest BCUT2D eigenvalue weighted by molar-refractivity contribution is -0.126. The Labute approximate surface area is 93.3 Å². The second-order valence-electron chi connectivity index (χ2n) is 4.35. The SMILES string of the molecule is CC(=O)NC1C(C)=CC[C@@H]2C(=O)NC(=O)[C@H]12. The van der Waals surface area contributed by atoms with Crippen LogP contribution in [0.3, 0.4) is 0 Å². The summed E-state index contributed by atoms with van der Waals surface area (Å²) in [5.74, 6) is -1.46. The van der Waals surface area contributed by atoms with E-state index in [-0.39, 0.29) is 29.7 Å². The largest absolute Gasteiger partial charge is 0.349 e. The van der Waals surface area contributed by atoms with Crippen LogP contribution in [0.5, 0.6) is 0 Å². The Morgan fingerprint density at radius 2 is 2.12 bits per heavy atom. The molecule has 0 aromatic heterocycles. The lowest BCUT2D eigenvalue weighted by Gasteiger charge is -2.30. The fourth-order valence-corrected chi connectivity index (χ4v) is 2.43. The molecule has 5 heteroatoms. The second kappa shape index (κ2) is 3.73. The summed E-state index contributed by atoms with van der Waals surface area (Å²) in [6.07, 6.45) is 2.49. The molecule has 0 saturated carbocycles. The molecule has 2 rings (SSSR count). The number of imide groups is 1. The first kappa shape index (κ1) is 10.9. The molecule has 1 heterocycles. The van der Waals surface area contributed by atoms with Crippen LogP contribution < -0.4 is 10.6 Å². The van der Waals surface area contributed by atoms with Gasteiger partial charge in [-0.05, 0) is 13.3 Å². The van der Waals surface area contributed by atoms with Crippen LogP contribution in [0.4, 0.5) is 0 Å². The van der Waals surface area contributed by atoms with Crippen molar-refractivity contribution in [1.82, 2.24) is 10.6 Å². The van der Waals surface area contributed by atoms with Crippen LogP contribution in [-0.2, 0) is 14.4 Å². The van der Waals surface area contributed by atoms with E-state index in [2.05, 4.69) is 10.6 Å². The van der Waals surface area contributed by atoms with E-state index in [1.54, 1.807) is 0 Å². The predicted molar refractivity (Wildman–Crippen MR) is 56.1 cm³/mol. The van der Waals surface area contributed by atoms with Crippen molar-refractivity contribution in [2.75, 3.05) is 0 Å². The number of hydrogen-bond acceptors (Lipinski definition) is 3. The molecule has 2 N–H and O–H groups in total. The summed E-state index contributed by atoms with van der Waals surface area (Å²) in [6.45, 7) is 3.28. The van der Waals surface area contributed by atoms with Gasteiger partial charge in [-0.25, -0.2) is 0 Å². The zero-order chi connectivity index (χ0) is 11.9. The Morgan fingerprint density at radius 3 is 2.75 bits per heavy atom. The Hall–Kier alpha value is -1.65. The van der Waals surface area contributed by atoms with E-state index in [9.17, 15) is 14.4 Å². The fourth-order valence-electron chi connectivity index (χ4n) is 2.43. The fraction of sp³-hybridized carbons (Fsp3) is 0.545. The molecule has 0 radical (unpaired) electrons. The van der Waals surface area contributed by atoms with Crippen molar-refractivity contribution in [1.29, 1.82) is 0 Å². The Bertz CT molecular complexity index is 400. The maximum absolute atomic E-state index is 11.6. The minimum absolute atomic E-state index is 0.189. The van der Waals surface area contributed by atoms with Gasteiger partial charge in [-0.1, -0.05) is 11.6 Å². The van der Waals surface area contributed by atoms with E-state index in [4.69, 9.17) is 0 Å². The number of hydrogen-bond donors (Lipinski definition) is 2. The number of carbonyl (C=O) groups excluding carboxylic acids is 3. The van der Waals surface area contributed by atoms with Crippen molar-refractivity contribution in [3.8, 4) is 0 Å². The quantitative estimate of drug-likeness (QED) is 0.473.